The van der Waals surface area contributed by atoms with Gasteiger partial charge in [0.2, 0.25) is 0 Å². The summed E-state index contributed by atoms with van der Waals surface area (Å²) in [6.45, 7) is 12.4. The molecule has 0 radical (unpaired) electrons. The van der Waals surface area contributed by atoms with Gasteiger partial charge in [-0.25, -0.2) is 0 Å². The van der Waals surface area contributed by atoms with Crippen molar-refractivity contribution in [2.45, 2.75) is 26.4 Å². The Morgan fingerprint density at radius 1 is 1.50 bits per heavy atom. The van der Waals surface area contributed by atoms with Crippen LogP contribution in [-0.2, 0) is 4.74 Å². The molecule has 1 fully saturated rings. The molecule has 18 heavy (non-hydrogen) atoms. The number of hydrogen-bond acceptors (Lipinski definition) is 3. The highest BCUT2D eigenvalue weighted by molar-refractivity contribution is 5.50. The zero-order chi connectivity index (χ0) is 13.2. The molecule has 2 heterocycles. The Hall–Kier alpha value is -1.55. The van der Waals surface area contributed by atoms with Gasteiger partial charge in [-0.3, -0.25) is 5.10 Å². The van der Waals surface area contributed by atoms with Gasteiger partial charge in [-0.2, -0.15) is 5.10 Å². The topological polar surface area (TPSA) is 41.1 Å². The molecule has 4 nitrogen and oxygen atoms in total. The molecule has 1 aliphatic heterocycles. The first-order valence-corrected chi connectivity index (χ1v) is 6.30. The van der Waals surface area contributed by atoms with Crippen LogP contribution in [-0.4, -0.2) is 35.5 Å². The van der Waals surface area contributed by atoms with E-state index in [1.165, 1.54) is 0 Å². The first-order valence-electron chi connectivity index (χ1n) is 6.30. The number of aromatic amines is 1. The van der Waals surface area contributed by atoms with E-state index in [4.69, 9.17) is 4.74 Å². The number of ether oxygens (including phenoxy) is 1. The number of rotatable bonds is 2. The summed E-state index contributed by atoms with van der Waals surface area (Å²) >= 11 is 0. The summed E-state index contributed by atoms with van der Waals surface area (Å²) in [7, 11) is 0. The largest absolute Gasteiger partial charge is 0.372 e. The summed E-state index contributed by atoms with van der Waals surface area (Å²) in [6.07, 6.45) is 5.82. The maximum atomic E-state index is 5.73. The molecule has 98 valence electrons. The smallest absolute Gasteiger partial charge is 0.158 e. The number of anilines is 1. The van der Waals surface area contributed by atoms with Crippen molar-refractivity contribution in [3.63, 3.8) is 0 Å². The maximum Gasteiger partial charge on any atom is 0.158 e. The molecule has 0 aromatic carbocycles. The Labute approximate surface area is 108 Å². The molecule has 0 atom stereocenters. The van der Waals surface area contributed by atoms with Gasteiger partial charge in [0.05, 0.1) is 17.6 Å². The molecular formula is C14H21N3O. The predicted molar refractivity (Wildman–Crippen MR) is 74.9 cm³/mol. The van der Waals surface area contributed by atoms with Crippen molar-refractivity contribution >= 4 is 18.0 Å². The number of allylic oxidation sites excluding steroid dienone is 1. The van der Waals surface area contributed by atoms with Gasteiger partial charge in [0.1, 0.15) is 0 Å². The molecule has 1 aromatic rings. The van der Waals surface area contributed by atoms with Gasteiger partial charge in [-0.15, -0.1) is 0 Å². The van der Waals surface area contributed by atoms with Crippen molar-refractivity contribution in [3.05, 3.63) is 23.2 Å². The van der Waals surface area contributed by atoms with E-state index in [0.717, 1.165) is 36.1 Å². The van der Waals surface area contributed by atoms with E-state index in [1.54, 1.807) is 6.08 Å². The van der Waals surface area contributed by atoms with E-state index < -0.39 is 0 Å². The molecular weight excluding hydrogens is 226 g/mol. The van der Waals surface area contributed by atoms with Crippen molar-refractivity contribution in [1.29, 1.82) is 0 Å². The Morgan fingerprint density at radius 2 is 2.28 bits per heavy atom. The number of nitrogens with one attached hydrogen (secondary N) is 1. The van der Waals surface area contributed by atoms with Gasteiger partial charge in [-0.05, 0) is 26.8 Å². The van der Waals surface area contributed by atoms with Crippen molar-refractivity contribution < 1.29 is 4.74 Å². The lowest BCUT2D eigenvalue weighted by atomic mass is 10.1. The van der Waals surface area contributed by atoms with E-state index in [-0.39, 0.29) is 5.60 Å². The fraction of sp³-hybridized carbons (Fsp3) is 0.500. The molecule has 0 amide bonds. The van der Waals surface area contributed by atoms with E-state index >= 15 is 0 Å². The van der Waals surface area contributed by atoms with Gasteiger partial charge in [0.15, 0.2) is 5.82 Å². The molecule has 0 unspecified atom stereocenters. The average Bonchev–Trinajstić information content (AvgIpc) is 2.71. The number of nitrogens with zero attached hydrogens (tertiary/aromatic N) is 2. The lowest BCUT2D eigenvalue weighted by Gasteiger charge is -2.38. The summed E-state index contributed by atoms with van der Waals surface area (Å²) in [5, 5.41) is 9.63. The third-order valence-electron chi connectivity index (χ3n) is 3.11. The van der Waals surface area contributed by atoms with Crippen LogP contribution in [0.3, 0.4) is 0 Å². The predicted octanol–water partition coefficient (Wildman–Crippen LogP) is 0.792. The van der Waals surface area contributed by atoms with Gasteiger partial charge in [0, 0.05) is 18.3 Å². The molecule has 1 saturated heterocycles. The summed E-state index contributed by atoms with van der Waals surface area (Å²) in [5.74, 6) is 0.986. The second kappa shape index (κ2) is 4.98. The third-order valence-corrected chi connectivity index (χ3v) is 3.11. The van der Waals surface area contributed by atoms with E-state index in [1.807, 2.05) is 19.1 Å². The fourth-order valence-corrected chi connectivity index (χ4v) is 2.29. The van der Waals surface area contributed by atoms with Gasteiger partial charge >= 0.3 is 0 Å². The zero-order valence-electron chi connectivity index (χ0n) is 11.4. The highest BCUT2D eigenvalue weighted by Crippen LogP contribution is 2.18. The Morgan fingerprint density at radius 3 is 2.89 bits per heavy atom. The summed E-state index contributed by atoms with van der Waals surface area (Å²) in [4.78, 5) is 2.27. The van der Waals surface area contributed by atoms with E-state index in [2.05, 4.69) is 35.5 Å². The van der Waals surface area contributed by atoms with Crippen LogP contribution in [0.1, 0.15) is 20.8 Å². The van der Waals surface area contributed by atoms with Crippen molar-refractivity contribution in [1.82, 2.24) is 10.2 Å². The Balaban J connectivity index is 2.43. The minimum absolute atomic E-state index is 0.126. The molecule has 0 saturated carbocycles. The van der Waals surface area contributed by atoms with Gasteiger partial charge in [0.25, 0.3) is 0 Å². The molecule has 0 aliphatic carbocycles. The van der Waals surface area contributed by atoms with Crippen LogP contribution in [0.25, 0.3) is 12.2 Å². The summed E-state index contributed by atoms with van der Waals surface area (Å²) < 4.78 is 5.73. The molecule has 2 rings (SSSR count). The summed E-state index contributed by atoms with van der Waals surface area (Å²) in [5.41, 5.74) is -0.126. The molecule has 0 bridgehead atoms. The second-order valence-electron chi connectivity index (χ2n) is 5.10. The fourth-order valence-electron chi connectivity index (χ4n) is 2.29. The second-order valence-corrected chi connectivity index (χ2v) is 5.10. The highest BCUT2D eigenvalue weighted by atomic mass is 16.5. The maximum absolute atomic E-state index is 5.73. The third kappa shape index (κ3) is 2.48. The van der Waals surface area contributed by atoms with E-state index in [0.29, 0.717) is 0 Å². The molecule has 4 heteroatoms. The molecule has 0 spiro atoms. The van der Waals surface area contributed by atoms with E-state index in [9.17, 15) is 0 Å². The van der Waals surface area contributed by atoms with Crippen LogP contribution >= 0.6 is 0 Å². The number of aromatic nitrogens is 2. The van der Waals surface area contributed by atoms with Crippen molar-refractivity contribution in [2.75, 3.05) is 24.6 Å². The Bertz CT molecular complexity index is 542. The standard InChI is InChI=1S/C14H21N3O/c1-5-7-11-12(6-2)15-16-13(11)17-8-9-18-14(3,4)10-17/h5-7,15H,1,8-10H2,2-4H3/b11-7+,12-6+. The first kappa shape index (κ1) is 12.9. The van der Waals surface area contributed by atoms with Crippen molar-refractivity contribution in [3.8, 4) is 0 Å². The van der Waals surface area contributed by atoms with Crippen LogP contribution in [0.5, 0.6) is 0 Å². The molecule has 1 N–H and O–H groups in total. The quantitative estimate of drug-likeness (QED) is 0.840. The average molecular weight is 247 g/mol. The van der Waals surface area contributed by atoms with Crippen molar-refractivity contribution in [2.24, 2.45) is 0 Å². The normalized spacial score (nSPS) is 21.4. The molecule has 1 aliphatic rings. The van der Waals surface area contributed by atoms with Crippen LogP contribution in [0.2, 0.25) is 0 Å². The van der Waals surface area contributed by atoms with Gasteiger partial charge < -0.3 is 9.64 Å². The first-order chi connectivity index (χ1) is 8.57. The highest BCUT2D eigenvalue weighted by Gasteiger charge is 2.28. The van der Waals surface area contributed by atoms with Gasteiger partial charge in [-0.1, -0.05) is 18.7 Å². The zero-order valence-corrected chi connectivity index (χ0v) is 11.4. The number of morpholine rings is 1. The minimum Gasteiger partial charge on any atom is -0.372 e. The lowest BCUT2D eigenvalue weighted by Crippen LogP contribution is -2.50. The van der Waals surface area contributed by atoms with Crippen LogP contribution in [0, 0.1) is 0 Å². The Kier molecular flexibility index (Phi) is 3.57. The minimum atomic E-state index is -0.126. The van der Waals surface area contributed by atoms with Crippen LogP contribution < -0.4 is 15.5 Å². The lowest BCUT2D eigenvalue weighted by molar-refractivity contribution is -0.0279. The van der Waals surface area contributed by atoms with Crippen LogP contribution in [0.4, 0.5) is 5.82 Å². The molecule has 1 aromatic heterocycles. The summed E-state index contributed by atoms with van der Waals surface area (Å²) in [6, 6.07) is 0. The number of hydrogen-bond donors (Lipinski definition) is 1. The monoisotopic (exact) mass is 247 g/mol. The number of H-pyrrole nitrogens is 1. The van der Waals surface area contributed by atoms with Crippen LogP contribution in [0.15, 0.2) is 12.7 Å². The SMILES string of the molecule is C=C/C=c1/c(N2CCOC(C)(C)C2)n[nH]/c1=C/C.